The normalized spacial score (nSPS) is 11.4. The van der Waals surface area contributed by atoms with E-state index in [0.717, 1.165) is 5.56 Å². The van der Waals surface area contributed by atoms with E-state index < -0.39 is 11.0 Å². The number of nitro groups is 1. The predicted molar refractivity (Wildman–Crippen MR) is 65.5 cm³/mol. The molecule has 17 heavy (non-hydrogen) atoms. The van der Waals surface area contributed by atoms with Crippen LogP contribution < -0.4 is 0 Å². The number of halogens is 1. The molecule has 0 aliphatic rings. The lowest BCUT2D eigenvalue weighted by Crippen LogP contribution is -2.16. The highest BCUT2D eigenvalue weighted by atomic mass is 35.5. The van der Waals surface area contributed by atoms with Gasteiger partial charge in [-0.05, 0) is 24.6 Å². The monoisotopic (exact) mass is 253 g/mol. The van der Waals surface area contributed by atoms with Crippen LogP contribution in [0.15, 0.2) is 24.3 Å². The molecule has 0 saturated heterocycles. The van der Waals surface area contributed by atoms with Gasteiger partial charge in [0.15, 0.2) is 0 Å². The molecule has 0 bridgehead atoms. The van der Waals surface area contributed by atoms with Crippen LogP contribution in [0, 0.1) is 22.0 Å². The van der Waals surface area contributed by atoms with E-state index in [1.165, 1.54) is 0 Å². The molecule has 0 fully saturated rings. The third kappa shape index (κ3) is 4.85. The van der Waals surface area contributed by atoms with Crippen LogP contribution in [0.25, 0.3) is 0 Å². The fourth-order valence-electron chi connectivity index (χ4n) is 1.28. The van der Waals surface area contributed by atoms with Crippen LogP contribution in [0.2, 0.25) is 5.02 Å². The van der Waals surface area contributed by atoms with Gasteiger partial charge in [0.2, 0.25) is 6.54 Å². The molecule has 0 radical (unpaired) electrons. The Morgan fingerprint density at radius 1 is 1.47 bits per heavy atom. The van der Waals surface area contributed by atoms with Crippen LogP contribution >= 0.6 is 11.6 Å². The number of hydrogen-bond acceptors (Lipinski definition) is 3. The maximum atomic E-state index is 10.5. The molecule has 0 amide bonds. The number of hydrogen-bond donors (Lipinski definition) is 0. The Labute approximate surface area is 105 Å². The molecule has 1 rings (SSSR count). The van der Waals surface area contributed by atoms with Gasteiger partial charge in [0.1, 0.15) is 12.7 Å². The van der Waals surface area contributed by atoms with E-state index in [9.17, 15) is 10.1 Å². The molecule has 0 heterocycles. The molecule has 0 aromatic heterocycles. The summed E-state index contributed by atoms with van der Waals surface area (Å²) in [6, 6.07) is 6.79. The Morgan fingerprint density at radius 2 is 2.12 bits per heavy atom. The van der Waals surface area contributed by atoms with Crippen molar-refractivity contribution in [1.29, 1.82) is 0 Å². The third-order valence-corrected chi connectivity index (χ3v) is 2.34. The van der Waals surface area contributed by atoms with Gasteiger partial charge in [0.05, 0.1) is 0 Å². The topological polar surface area (TPSA) is 52.4 Å². The molecule has 1 unspecified atom stereocenters. The van der Waals surface area contributed by atoms with Crippen molar-refractivity contribution in [2.75, 3.05) is 13.2 Å². The summed E-state index contributed by atoms with van der Waals surface area (Å²) >= 11 is 5.75. The molecule has 0 aliphatic heterocycles. The average Bonchev–Trinajstić information content (AvgIpc) is 2.28. The number of benzene rings is 1. The molecule has 0 N–H and O–H groups in total. The molecule has 90 valence electrons. The van der Waals surface area contributed by atoms with Gasteiger partial charge in [-0.1, -0.05) is 29.7 Å². The first-order valence-electron chi connectivity index (χ1n) is 5.02. The summed E-state index contributed by atoms with van der Waals surface area (Å²) in [4.78, 5) is 10.1. The highest BCUT2D eigenvalue weighted by molar-refractivity contribution is 6.30. The lowest BCUT2D eigenvalue weighted by atomic mass is 10.1. The molecule has 5 heteroatoms. The summed E-state index contributed by atoms with van der Waals surface area (Å²) in [5.74, 6) is 5.38. The van der Waals surface area contributed by atoms with E-state index in [2.05, 4.69) is 11.8 Å². The van der Waals surface area contributed by atoms with Crippen molar-refractivity contribution in [1.82, 2.24) is 0 Å². The maximum absolute atomic E-state index is 10.5. The number of rotatable bonds is 5. The second kappa shape index (κ2) is 6.89. The summed E-state index contributed by atoms with van der Waals surface area (Å²) in [7, 11) is 0. The van der Waals surface area contributed by atoms with Gasteiger partial charge < -0.3 is 4.74 Å². The average molecular weight is 254 g/mol. The number of nitrogens with zero attached hydrogens (tertiary/aromatic N) is 1. The highest BCUT2D eigenvalue weighted by Gasteiger charge is 2.17. The summed E-state index contributed by atoms with van der Waals surface area (Å²) in [6.07, 6.45) is -0.594. The molecular formula is C12H12ClNO3. The summed E-state index contributed by atoms with van der Waals surface area (Å²) in [6.45, 7) is 1.58. The molecule has 1 atom stereocenters. The van der Waals surface area contributed by atoms with Gasteiger partial charge in [-0.3, -0.25) is 10.1 Å². The fourth-order valence-corrected chi connectivity index (χ4v) is 1.41. The Bertz CT molecular complexity index is 433. The van der Waals surface area contributed by atoms with Crippen molar-refractivity contribution in [2.24, 2.45) is 0 Å². The van der Waals surface area contributed by atoms with Crippen molar-refractivity contribution < 1.29 is 9.66 Å². The molecule has 1 aromatic rings. The first-order valence-corrected chi connectivity index (χ1v) is 5.39. The lowest BCUT2D eigenvalue weighted by Gasteiger charge is -2.12. The summed E-state index contributed by atoms with van der Waals surface area (Å²) in [5.41, 5.74) is 0.726. The van der Waals surface area contributed by atoms with Crippen LogP contribution in [-0.2, 0) is 4.74 Å². The smallest absolute Gasteiger partial charge is 0.233 e. The Hall–Kier alpha value is -1.57. The molecule has 0 saturated carbocycles. The van der Waals surface area contributed by atoms with Crippen LogP contribution in [0.3, 0.4) is 0 Å². The van der Waals surface area contributed by atoms with Crippen LogP contribution in [0.5, 0.6) is 0 Å². The first kappa shape index (κ1) is 13.5. The van der Waals surface area contributed by atoms with Crippen LogP contribution in [0.4, 0.5) is 0 Å². The largest absolute Gasteiger partial charge is 0.354 e. The van der Waals surface area contributed by atoms with Gasteiger partial charge in [-0.25, -0.2) is 0 Å². The van der Waals surface area contributed by atoms with Crippen molar-refractivity contribution in [3.63, 3.8) is 0 Å². The molecule has 4 nitrogen and oxygen atoms in total. The summed E-state index contributed by atoms with van der Waals surface area (Å²) in [5, 5.41) is 11.1. The van der Waals surface area contributed by atoms with E-state index in [4.69, 9.17) is 16.3 Å². The van der Waals surface area contributed by atoms with Crippen LogP contribution in [0.1, 0.15) is 18.6 Å². The van der Waals surface area contributed by atoms with Gasteiger partial charge in [0, 0.05) is 9.95 Å². The van der Waals surface area contributed by atoms with E-state index in [0.29, 0.717) is 5.02 Å². The van der Waals surface area contributed by atoms with Crippen molar-refractivity contribution in [3.8, 4) is 11.8 Å². The quantitative estimate of drug-likeness (QED) is 0.461. The zero-order chi connectivity index (χ0) is 12.7. The minimum absolute atomic E-state index is 0.178. The zero-order valence-corrected chi connectivity index (χ0v) is 10.1. The molecule has 0 aliphatic carbocycles. The second-order valence-electron chi connectivity index (χ2n) is 3.29. The van der Waals surface area contributed by atoms with Crippen LogP contribution in [-0.4, -0.2) is 18.1 Å². The highest BCUT2D eigenvalue weighted by Crippen LogP contribution is 2.19. The molecule has 0 spiro atoms. The fraction of sp³-hybridized carbons (Fsp3) is 0.333. The van der Waals surface area contributed by atoms with Crippen molar-refractivity contribution >= 4 is 11.6 Å². The van der Waals surface area contributed by atoms with Gasteiger partial charge >= 0.3 is 0 Å². The van der Waals surface area contributed by atoms with Crippen molar-refractivity contribution in [3.05, 3.63) is 45.0 Å². The van der Waals surface area contributed by atoms with E-state index >= 15 is 0 Å². The minimum Gasteiger partial charge on any atom is -0.354 e. The standard InChI is InChI=1S/C12H12ClNO3/c1-2-3-8-17-12(9-14(15)16)10-4-6-11(13)7-5-10/h4-7,12H,8-9H2,1H3. The SMILES string of the molecule is CC#CCOC(C[N+](=O)[O-])c1ccc(Cl)cc1. The maximum Gasteiger partial charge on any atom is 0.233 e. The van der Waals surface area contributed by atoms with Gasteiger partial charge in [0.25, 0.3) is 0 Å². The number of ether oxygens (including phenoxy) is 1. The van der Waals surface area contributed by atoms with E-state index in [1.54, 1.807) is 31.2 Å². The lowest BCUT2D eigenvalue weighted by molar-refractivity contribution is -0.492. The Morgan fingerprint density at radius 3 is 2.65 bits per heavy atom. The summed E-state index contributed by atoms with van der Waals surface area (Å²) < 4.78 is 5.36. The second-order valence-corrected chi connectivity index (χ2v) is 3.73. The third-order valence-electron chi connectivity index (χ3n) is 2.09. The molecule has 1 aromatic carbocycles. The zero-order valence-electron chi connectivity index (χ0n) is 9.35. The Balaban J connectivity index is 2.76. The van der Waals surface area contributed by atoms with E-state index in [1.807, 2.05) is 0 Å². The van der Waals surface area contributed by atoms with Crippen molar-refractivity contribution in [2.45, 2.75) is 13.0 Å². The minimum atomic E-state index is -0.594. The first-order chi connectivity index (χ1) is 8.13. The molecular weight excluding hydrogens is 242 g/mol. The predicted octanol–water partition coefficient (Wildman–Crippen LogP) is 2.70. The van der Waals surface area contributed by atoms with Gasteiger partial charge in [-0.2, -0.15) is 0 Å². The van der Waals surface area contributed by atoms with E-state index in [-0.39, 0.29) is 13.2 Å². The Kier molecular flexibility index (Phi) is 5.47. The van der Waals surface area contributed by atoms with Gasteiger partial charge in [-0.15, -0.1) is 5.92 Å².